The predicted octanol–water partition coefficient (Wildman–Crippen LogP) is -0.475. The second-order valence-corrected chi connectivity index (χ2v) is 4.68. The van der Waals surface area contributed by atoms with Crippen molar-refractivity contribution >= 4 is 24.2 Å². The molecule has 6 nitrogen and oxygen atoms in total. The average Bonchev–Trinajstić information content (AvgIpc) is 2.93. The van der Waals surface area contributed by atoms with Crippen LogP contribution in [0.25, 0.3) is 0 Å². The summed E-state index contributed by atoms with van der Waals surface area (Å²) >= 11 is 0. The lowest BCUT2D eigenvalue weighted by Gasteiger charge is -2.26. The lowest BCUT2D eigenvalue weighted by molar-refractivity contribution is -0.135. The van der Waals surface area contributed by atoms with Crippen molar-refractivity contribution in [2.45, 2.75) is 25.3 Å². The van der Waals surface area contributed by atoms with Gasteiger partial charge >= 0.3 is 0 Å². The van der Waals surface area contributed by atoms with Crippen LogP contribution >= 0.6 is 12.4 Å². The molecule has 0 saturated carbocycles. The Bertz CT molecular complexity index is 303. The van der Waals surface area contributed by atoms with Gasteiger partial charge in [-0.2, -0.15) is 0 Å². The van der Waals surface area contributed by atoms with E-state index in [4.69, 9.17) is 4.74 Å². The molecule has 0 spiro atoms. The van der Waals surface area contributed by atoms with Crippen molar-refractivity contribution in [3.05, 3.63) is 0 Å². The first-order valence-corrected chi connectivity index (χ1v) is 6.64. The van der Waals surface area contributed by atoms with E-state index in [1.54, 1.807) is 4.90 Å². The Labute approximate surface area is 119 Å². The number of carbonyl (C=O) groups is 2. The third kappa shape index (κ3) is 4.97. The van der Waals surface area contributed by atoms with Gasteiger partial charge < -0.3 is 20.3 Å². The lowest BCUT2D eigenvalue weighted by Crippen LogP contribution is -2.44. The Morgan fingerprint density at radius 1 is 1.32 bits per heavy atom. The highest BCUT2D eigenvalue weighted by atomic mass is 35.5. The van der Waals surface area contributed by atoms with Crippen molar-refractivity contribution in [2.75, 3.05) is 39.4 Å². The molecular formula is C12H22ClN3O3. The second kappa shape index (κ2) is 8.35. The molecule has 2 aliphatic heterocycles. The molecule has 2 amide bonds. The first kappa shape index (κ1) is 16.2. The van der Waals surface area contributed by atoms with E-state index in [2.05, 4.69) is 10.6 Å². The number of morpholine rings is 1. The topological polar surface area (TPSA) is 70.7 Å². The van der Waals surface area contributed by atoms with Crippen LogP contribution in [0.1, 0.15) is 19.3 Å². The number of nitrogens with one attached hydrogen (secondary N) is 2. The summed E-state index contributed by atoms with van der Waals surface area (Å²) in [6.07, 6.45) is 2.31. The minimum atomic E-state index is -0.0662. The molecule has 0 aromatic rings. The molecule has 7 heteroatoms. The third-order valence-electron chi connectivity index (χ3n) is 3.38. The molecule has 0 radical (unpaired) electrons. The van der Waals surface area contributed by atoms with Crippen LogP contribution in [0, 0.1) is 0 Å². The summed E-state index contributed by atoms with van der Waals surface area (Å²) in [5.41, 5.74) is 0. The van der Waals surface area contributed by atoms with Gasteiger partial charge in [-0.05, 0) is 19.4 Å². The zero-order valence-corrected chi connectivity index (χ0v) is 11.8. The number of ether oxygens (including phenoxy) is 1. The molecule has 19 heavy (non-hydrogen) atoms. The van der Waals surface area contributed by atoms with Gasteiger partial charge in [0.25, 0.3) is 0 Å². The first-order chi connectivity index (χ1) is 8.77. The second-order valence-electron chi connectivity index (χ2n) is 4.68. The van der Waals surface area contributed by atoms with Crippen molar-refractivity contribution in [1.82, 2.24) is 15.5 Å². The Morgan fingerprint density at radius 2 is 2.05 bits per heavy atom. The van der Waals surface area contributed by atoms with Gasteiger partial charge in [0.15, 0.2) is 0 Å². The monoisotopic (exact) mass is 291 g/mol. The van der Waals surface area contributed by atoms with E-state index in [9.17, 15) is 9.59 Å². The van der Waals surface area contributed by atoms with Crippen LogP contribution in [0.5, 0.6) is 0 Å². The molecule has 2 fully saturated rings. The zero-order valence-electron chi connectivity index (χ0n) is 11.0. The van der Waals surface area contributed by atoms with Crippen molar-refractivity contribution < 1.29 is 14.3 Å². The maximum absolute atomic E-state index is 11.8. The fourth-order valence-corrected chi connectivity index (χ4v) is 2.30. The van der Waals surface area contributed by atoms with E-state index in [-0.39, 0.29) is 30.3 Å². The molecule has 0 bridgehead atoms. The molecule has 110 valence electrons. The van der Waals surface area contributed by atoms with Crippen LogP contribution < -0.4 is 10.6 Å². The number of amides is 2. The molecule has 1 atom stereocenters. The van der Waals surface area contributed by atoms with Crippen molar-refractivity contribution in [2.24, 2.45) is 0 Å². The largest absolute Gasteiger partial charge is 0.378 e. The summed E-state index contributed by atoms with van der Waals surface area (Å²) in [6, 6.07) is -0.0662. The molecule has 2 N–H and O–H groups in total. The standard InChI is InChI=1S/C12H21N3O3.ClH/c16-11(15-6-8-18-9-7-15)3-5-14-12(17)10-2-1-4-13-10;/h10,13H,1-9H2,(H,14,17);1H/t10-;/m0./s1. The first-order valence-electron chi connectivity index (χ1n) is 6.64. The summed E-state index contributed by atoms with van der Waals surface area (Å²) in [5, 5.41) is 5.95. The highest BCUT2D eigenvalue weighted by molar-refractivity contribution is 5.85. The molecule has 2 heterocycles. The van der Waals surface area contributed by atoms with Crippen LogP contribution in [0.4, 0.5) is 0 Å². The van der Waals surface area contributed by atoms with E-state index in [1.807, 2.05) is 0 Å². The lowest BCUT2D eigenvalue weighted by atomic mass is 10.2. The molecule has 2 saturated heterocycles. The van der Waals surface area contributed by atoms with Crippen LogP contribution in [-0.4, -0.2) is 62.1 Å². The van der Waals surface area contributed by atoms with Crippen molar-refractivity contribution in [3.8, 4) is 0 Å². The molecule has 0 aromatic heterocycles. The summed E-state index contributed by atoms with van der Waals surface area (Å²) in [5.74, 6) is 0.111. The maximum atomic E-state index is 11.8. The third-order valence-corrected chi connectivity index (χ3v) is 3.38. The zero-order chi connectivity index (χ0) is 12.8. The van der Waals surface area contributed by atoms with Gasteiger partial charge in [-0.25, -0.2) is 0 Å². The van der Waals surface area contributed by atoms with Crippen LogP contribution in [0.15, 0.2) is 0 Å². The average molecular weight is 292 g/mol. The molecule has 0 aromatic carbocycles. The van der Waals surface area contributed by atoms with E-state index >= 15 is 0 Å². The van der Waals surface area contributed by atoms with Gasteiger partial charge in [-0.3, -0.25) is 9.59 Å². The van der Waals surface area contributed by atoms with Gasteiger partial charge in [-0.15, -0.1) is 12.4 Å². The van der Waals surface area contributed by atoms with E-state index in [1.165, 1.54) is 0 Å². The quantitative estimate of drug-likeness (QED) is 0.734. The van der Waals surface area contributed by atoms with E-state index in [0.29, 0.717) is 39.3 Å². The van der Waals surface area contributed by atoms with Crippen molar-refractivity contribution in [1.29, 1.82) is 0 Å². The van der Waals surface area contributed by atoms with Gasteiger partial charge in [0.05, 0.1) is 19.3 Å². The Hall–Kier alpha value is -0.850. The van der Waals surface area contributed by atoms with Crippen LogP contribution in [0.3, 0.4) is 0 Å². The molecular weight excluding hydrogens is 270 g/mol. The highest BCUT2D eigenvalue weighted by Gasteiger charge is 2.22. The number of rotatable bonds is 4. The fraction of sp³-hybridized carbons (Fsp3) is 0.833. The summed E-state index contributed by atoms with van der Waals surface area (Å²) in [7, 11) is 0. The molecule has 2 rings (SSSR count). The number of nitrogens with zero attached hydrogens (tertiary/aromatic N) is 1. The van der Waals surface area contributed by atoms with Crippen LogP contribution in [-0.2, 0) is 14.3 Å². The van der Waals surface area contributed by atoms with Gasteiger partial charge in [-0.1, -0.05) is 0 Å². The number of halogens is 1. The van der Waals surface area contributed by atoms with Gasteiger partial charge in [0.1, 0.15) is 0 Å². The van der Waals surface area contributed by atoms with Gasteiger partial charge in [0, 0.05) is 26.1 Å². The summed E-state index contributed by atoms with van der Waals surface area (Å²) in [4.78, 5) is 25.3. The summed E-state index contributed by atoms with van der Waals surface area (Å²) < 4.78 is 5.19. The van der Waals surface area contributed by atoms with Crippen LogP contribution in [0.2, 0.25) is 0 Å². The Morgan fingerprint density at radius 3 is 2.68 bits per heavy atom. The van der Waals surface area contributed by atoms with Gasteiger partial charge in [0.2, 0.25) is 11.8 Å². The van der Waals surface area contributed by atoms with Crippen molar-refractivity contribution in [3.63, 3.8) is 0 Å². The predicted molar refractivity (Wildman–Crippen MR) is 73.3 cm³/mol. The van der Waals surface area contributed by atoms with E-state index < -0.39 is 0 Å². The number of hydrogen-bond acceptors (Lipinski definition) is 4. The Kier molecular flexibility index (Phi) is 7.12. The molecule has 0 unspecified atom stereocenters. The minimum absolute atomic E-state index is 0. The molecule has 2 aliphatic rings. The highest BCUT2D eigenvalue weighted by Crippen LogP contribution is 2.04. The minimum Gasteiger partial charge on any atom is -0.378 e. The van der Waals surface area contributed by atoms with E-state index in [0.717, 1.165) is 19.4 Å². The number of carbonyl (C=O) groups excluding carboxylic acids is 2. The summed E-state index contributed by atoms with van der Waals surface area (Å²) in [6.45, 7) is 3.89. The smallest absolute Gasteiger partial charge is 0.237 e. The maximum Gasteiger partial charge on any atom is 0.237 e. The normalized spacial score (nSPS) is 22.7. The molecule has 0 aliphatic carbocycles. The fourth-order valence-electron chi connectivity index (χ4n) is 2.30. The Balaban J connectivity index is 0.00000180. The SMILES string of the molecule is Cl.O=C(NCCC(=O)N1CCOCC1)[C@@H]1CCCN1. The number of hydrogen-bond donors (Lipinski definition) is 2.